The van der Waals surface area contributed by atoms with Crippen LogP contribution in [0, 0.1) is 0 Å². The highest BCUT2D eigenvalue weighted by Gasteiger charge is 2.41. The largest absolute Gasteiger partial charge is 0.466 e. The van der Waals surface area contributed by atoms with Crippen LogP contribution < -0.4 is 0 Å². The van der Waals surface area contributed by atoms with Gasteiger partial charge in [0.1, 0.15) is 0 Å². The molecule has 34 heavy (non-hydrogen) atoms. The van der Waals surface area contributed by atoms with E-state index in [0.717, 1.165) is 38.5 Å². The van der Waals surface area contributed by atoms with E-state index >= 15 is 0 Å². The van der Waals surface area contributed by atoms with Crippen molar-refractivity contribution in [1.29, 1.82) is 0 Å². The van der Waals surface area contributed by atoms with Crippen molar-refractivity contribution >= 4 is 17.7 Å². The van der Waals surface area contributed by atoms with Crippen LogP contribution in [0.3, 0.4) is 0 Å². The van der Waals surface area contributed by atoms with Crippen LogP contribution in [0.15, 0.2) is 72.9 Å². The minimum atomic E-state index is -1.71. The molecule has 6 nitrogen and oxygen atoms in total. The highest BCUT2D eigenvalue weighted by molar-refractivity contribution is 6.08. The van der Waals surface area contributed by atoms with Gasteiger partial charge in [-0.05, 0) is 44.9 Å². The van der Waals surface area contributed by atoms with Crippen LogP contribution in [0.1, 0.15) is 64.7 Å². The predicted molar refractivity (Wildman–Crippen MR) is 134 cm³/mol. The number of allylic oxidation sites excluding steroid dienone is 12. The number of hydrogen-bond donors (Lipinski definition) is 1. The van der Waals surface area contributed by atoms with Gasteiger partial charge in [-0.2, -0.15) is 0 Å². The number of rotatable bonds is 17. The fourth-order valence-electron chi connectivity index (χ4n) is 2.95. The molecule has 0 amide bonds. The summed E-state index contributed by atoms with van der Waals surface area (Å²) in [6, 6.07) is 0. The lowest BCUT2D eigenvalue weighted by Gasteiger charge is -2.07. The van der Waals surface area contributed by atoms with Gasteiger partial charge in [0, 0.05) is 12.8 Å². The molecule has 0 aromatic carbocycles. The number of Topliss-reactive ketones (excluding diaryl/α,β-unsaturated/α-hetero) is 1. The zero-order valence-electron chi connectivity index (χ0n) is 20.1. The van der Waals surface area contributed by atoms with Gasteiger partial charge in [-0.25, -0.2) is 4.79 Å². The Bertz CT molecular complexity index is 785. The summed E-state index contributed by atoms with van der Waals surface area (Å²) < 4.78 is 9.74. The van der Waals surface area contributed by atoms with E-state index in [1.165, 1.54) is 0 Å². The third-order valence-electron chi connectivity index (χ3n) is 4.82. The van der Waals surface area contributed by atoms with Crippen molar-refractivity contribution < 1.29 is 29.0 Å². The van der Waals surface area contributed by atoms with Gasteiger partial charge in [-0.1, -0.05) is 79.8 Å². The van der Waals surface area contributed by atoms with Gasteiger partial charge in [0.2, 0.25) is 11.9 Å². The molecule has 6 heteroatoms. The number of cyclic esters (lactones) is 1. The standard InChI is InChI=1S/C28H38O6/c1-2-3-4-5-6-7-8-9-10-11-12-13-14-15-16-17-18-19-20-21-25(29)33-23-22-24-26(30)27(31)28(32)34-24/h3-4,6-7,9-10,12-13,15-16,18-19,24,27,31H,2,5,8,11,14,17,20-23H2,1H3. The Morgan fingerprint density at radius 3 is 1.74 bits per heavy atom. The number of carbonyl (C=O) groups is 3. The summed E-state index contributed by atoms with van der Waals surface area (Å²) in [4.78, 5) is 34.2. The molecule has 0 aliphatic carbocycles. The van der Waals surface area contributed by atoms with Gasteiger partial charge in [-0.3, -0.25) is 9.59 Å². The highest BCUT2D eigenvalue weighted by atomic mass is 16.6. The highest BCUT2D eigenvalue weighted by Crippen LogP contribution is 2.14. The first-order valence-corrected chi connectivity index (χ1v) is 12.0. The molecular formula is C28H38O6. The first kappa shape index (κ1) is 29.0. The molecule has 1 saturated heterocycles. The monoisotopic (exact) mass is 470 g/mol. The lowest BCUT2D eigenvalue weighted by molar-refractivity contribution is -0.148. The summed E-state index contributed by atoms with van der Waals surface area (Å²) in [5.41, 5.74) is 0. The van der Waals surface area contributed by atoms with E-state index < -0.39 is 24.0 Å². The first-order chi connectivity index (χ1) is 16.6. The summed E-state index contributed by atoms with van der Waals surface area (Å²) in [6.07, 6.45) is 29.4. The average molecular weight is 471 g/mol. The summed E-state index contributed by atoms with van der Waals surface area (Å²) in [5.74, 6) is -2.00. The number of hydrogen-bond acceptors (Lipinski definition) is 6. The van der Waals surface area contributed by atoms with Crippen molar-refractivity contribution in [3.63, 3.8) is 0 Å². The number of esters is 2. The number of ketones is 1. The number of aliphatic hydroxyl groups is 1. The van der Waals surface area contributed by atoms with E-state index in [9.17, 15) is 19.5 Å². The minimum Gasteiger partial charge on any atom is -0.466 e. The Balaban J connectivity index is 1.98. The van der Waals surface area contributed by atoms with Crippen LogP contribution in [0.4, 0.5) is 0 Å². The molecule has 1 rings (SSSR count). The lowest BCUT2D eigenvalue weighted by atomic mass is 10.1. The molecule has 0 bridgehead atoms. The first-order valence-electron chi connectivity index (χ1n) is 12.0. The topological polar surface area (TPSA) is 89.9 Å². The van der Waals surface area contributed by atoms with Gasteiger partial charge >= 0.3 is 11.9 Å². The molecule has 1 fully saturated rings. The Hall–Kier alpha value is -2.99. The summed E-state index contributed by atoms with van der Waals surface area (Å²) >= 11 is 0. The fourth-order valence-corrected chi connectivity index (χ4v) is 2.95. The molecule has 1 heterocycles. The van der Waals surface area contributed by atoms with Crippen molar-refractivity contribution in [3.05, 3.63) is 72.9 Å². The van der Waals surface area contributed by atoms with E-state index in [-0.39, 0.29) is 25.4 Å². The van der Waals surface area contributed by atoms with E-state index in [0.29, 0.717) is 6.42 Å². The smallest absolute Gasteiger partial charge is 0.343 e. The lowest BCUT2D eigenvalue weighted by Crippen LogP contribution is -2.26. The van der Waals surface area contributed by atoms with E-state index in [4.69, 9.17) is 9.47 Å². The third-order valence-corrected chi connectivity index (χ3v) is 4.82. The van der Waals surface area contributed by atoms with Crippen LogP contribution in [-0.2, 0) is 23.9 Å². The van der Waals surface area contributed by atoms with Crippen molar-refractivity contribution in [3.8, 4) is 0 Å². The van der Waals surface area contributed by atoms with Crippen molar-refractivity contribution in [2.75, 3.05) is 6.61 Å². The predicted octanol–water partition coefficient (Wildman–Crippen LogP) is 5.25. The van der Waals surface area contributed by atoms with Gasteiger partial charge in [0.15, 0.2) is 6.10 Å². The SMILES string of the molecule is CCC=CCC=CCC=CCC=CCC=CCC=CCCC(=O)OCCC1OC(=O)C(O)C1=O. The fraction of sp³-hybridized carbons (Fsp3) is 0.464. The van der Waals surface area contributed by atoms with Crippen LogP contribution in [0.25, 0.3) is 0 Å². The molecule has 1 N–H and O–H groups in total. The molecule has 0 aromatic heterocycles. The Kier molecular flexibility index (Phi) is 16.6. The molecule has 1 aliphatic rings. The second-order valence-electron chi connectivity index (χ2n) is 7.69. The maximum Gasteiger partial charge on any atom is 0.343 e. The van der Waals surface area contributed by atoms with Gasteiger partial charge < -0.3 is 14.6 Å². The van der Waals surface area contributed by atoms with E-state index in [1.807, 2.05) is 12.2 Å². The zero-order chi connectivity index (χ0) is 24.9. The molecule has 0 aromatic rings. The number of ether oxygens (including phenoxy) is 2. The maximum atomic E-state index is 11.7. The van der Waals surface area contributed by atoms with Crippen LogP contribution >= 0.6 is 0 Å². The maximum absolute atomic E-state index is 11.7. The second kappa shape index (κ2) is 19.5. The third kappa shape index (κ3) is 14.2. The quantitative estimate of drug-likeness (QED) is 0.177. The molecule has 0 radical (unpaired) electrons. The summed E-state index contributed by atoms with van der Waals surface area (Å²) in [5, 5.41) is 9.22. The Labute approximate surface area is 203 Å². The van der Waals surface area contributed by atoms with Gasteiger partial charge in [0.05, 0.1) is 6.61 Å². The summed E-state index contributed by atoms with van der Waals surface area (Å²) in [7, 11) is 0. The van der Waals surface area contributed by atoms with Crippen LogP contribution in [-0.4, -0.2) is 41.6 Å². The number of carbonyl (C=O) groups excluding carboxylic acids is 3. The molecule has 2 atom stereocenters. The molecule has 2 unspecified atom stereocenters. The van der Waals surface area contributed by atoms with Crippen LogP contribution in [0.2, 0.25) is 0 Å². The van der Waals surface area contributed by atoms with Gasteiger partial charge in [-0.15, -0.1) is 0 Å². The second-order valence-corrected chi connectivity index (χ2v) is 7.69. The Morgan fingerprint density at radius 2 is 1.29 bits per heavy atom. The molecule has 0 saturated carbocycles. The Morgan fingerprint density at radius 1 is 0.824 bits per heavy atom. The van der Waals surface area contributed by atoms with Crippen molar-refractivity contribution in [2.24, 2.45) is 0 Å². The van der Waals surface area contributed by atoms with Crippen LogP contribution in [0.5, 0.6) is 0 Å². The molecule has 186 valence electrons. The van der Waals surface area contributed by atoms with Crippen molar-refractivity contribution in [2.45, 2.75) is 76.9 Å². The molecule has 1 aliphatic heterocycles. The minimum absolute atomic E-state index is 0.0288. The van der Waals surface area contributed by atoms with E-state index in [2.05, 4.69) is 67.7 Å². The molecular weight excluding hydrogens is 432 g/mol. The summed E-state index contributed by atoms with van der Waals surface area (Å²) in [6.45, 7) is 2.11. The van der Waals surface area contributed by atoms with Crippen molar-refractivity contribution in [1.82, 2.24) is 0 Å². The normalized spacial score (nSPS) is 19.2. The average Bonchev–Trinajstić information content (AvgIpc) is 3.07. The zero-order valence-corrected chi connectivity index (χ0v) is 20.1. The molecule has 0 spiro atoms. The van der Waals surface area contributed by atoms with E-state index in [1.54, 1.807) is 0 Å². The number of aliphatic hydroxyl groups excluding tert-OH is 1. The van der Waals surface area contributed by atoms with Gasteiger partial charge in [0.25, 0.3) is 0 Å².